The molecule has 8 heteroatoms. The van der Waals surface area contributed by atoms with Crippen molar-refractivity contribution in [2.45, 2.75) is 23.8 Å². The van der Waals surface area contributed by atoms with E-state index in [0.717, 1.165) is 25.9 Å². The number of nitrogens with one attached hydrogen (secondary N) is 1. The first-order valence-electron chi connectivity index (χ1n) is 7.95. The standard InChI is InChI=1S/C15H19N3O4S/c19-18(20)11-2-4-12(5-3-11)23(21,22)17-9-10-1-6-15(17)14-8-16-7-13(10)14/h2-5,10,13-16H,1,6-9H2. The average molecular weight is 337 g/mol. The molecule has 4 unspecified atom stereocenters. The minimum atomic E-state index is -3.59. The molecule has 0 radical (unpaired) electrons. The maximum atomic E-state index is 13.0. The number of nitro groups is 1. The quantitative estimate of drug-likeness (QED) is 0.661. The Bertz CT molecular complexity index is 734. The van der Waals surface area contributed by atoms with Gasteiger partial charge < -0.3 is 5.32 Å². The van der Waals surface area contributed by atoms with Crippen LogP contribution in [0.3, 0.4) is 0 Å². The highest BCUT2D eigenvalue weighted by Crippen LogP contribution is 2.46. The minimum Gasteiger partial charge on any atom is -0.316 e. The second-order valence-electron chi connectivity index (χ2n) is 6.72. The monoisotopic (exact) mass is 337 g/mol. The van der Waals surface area contributed by atoms with E-state index in [1.54, 1.807) is 4.31 Å². The van der Waals surface area contributed by atoms with Crippen LogP contribution in [0.25, 0.3) is 0 Å². The number of sulfonamides is 1. The first-order valence-corrected chi connectivity index (χ1v) is 9.39. The van der Waals surface area contributed by atoms with E-state index in [0.29, 0.717) is 24.3 Å². The van der Waals surface area contributed by atoms with Crippen LogP contribution < -0.4 is 5.32 Å². The second kappa shape index (κ2) is 5.25. The Labute approximate surface area is 134 Å². The summed E-state index contributed by atoms with van der Waals surface area (Å²) >= 11 is 0. The maximum Gasteiger partial charge on any atom is 0.269 e. The predicted molar refractivity (Wildman–Crippen MR) is 83.3 cm³/mol. The Morgan fingerprint density at radius 3 is 2.52 bits per heavy atom. The summed E-state index contributed by atoms with van der Waals surface area (Å²) in [7, 11) is -3.59. The van der Waals surface area contributed by atoms with Gasteiger partial charge in [0.15, 0.2) is 0 Å². The average Bonchev–Trinajstić information content (AvgIpc) is 3.07. The molecule has 1 saturated carbocycles. The number of nitrogens with zero attached hydrogens (tertiary/aromatic N) is 2. The first-order chi connectivity index (χ1) is 11.0. The third-order valence-electron chi connectivity index (χ3n) is 5.68. The summed E-state index contributed by atoms with van der Waals surface area (Å²) < 4.78 is 27.6. The normalized spacial score (nSPS) is 33.6. The third kappa shape index (κ3) is 2.28. The molecule has 23 heavy (non-hydrogen) atoms. The fourth-order valence-electron chi connectivity index (χ4n) is 4.57. The molecule has 4 atom stereocenters. The van der Waals surface area contributed by atoms with Gasteiger partial charge in [-0.1, -0.05) is 0 Å². The van der Waals surface area contributed by atoms with Crippen LogP contribution in [-0.4, -0.2) is 43.3 Å². The van der Waals surface area contributed by atoms with Crippen LogP contribution in [0.15, 0.2) is 29.2 Å². The van der Waals surface area contributed by atoms with E-state index in [1.165, 1.54) is 24.3 Å². The van der Waals surface area contributed by atoms with Crippen LogP contribution in [0.4, 0.5) is 5.69 Å². The van der Waals surface area contributed by atoms with Gasteiger partial charge >= 0.3 is 0 Å². The smallest absolute Gasteiger partial charge is 0.269 e. The molecule has 4 aliphatic rings. The number of nitro benzene ring substituents is 1. The Kier molecular flexibility index (Phi) is 3.44. The molecule has 2 bridgehead atoms. The van der Waals surface area contributed by atoms with E-state index in [2.05, 4.69) is 5.32 Å². The van der Waals surface area contributed by atoms with Gasteiger partial charge in [-0.15, -0.1) is 0 Å². The van der Waals surface area contributed by atoms with E-state index >= 15 is 0 Å². The number of benzene rings is 1. The Morgan fingerprint density at radius 2 is 1.83 bits per heavy atom. The lowest BCUT2D eigenvalue weighted by Gasteiger charge is -2.51. The Morgan fingerprint density at radius 1 is 1.13 bits per heavy atom. The number of fused-ring (bicyclic) bond motifs is 2. The molecular weight excluding hydrogens is 318 g/mol. The highest BCUT2D eigenvalue weighted by Gasteiger charge is 2.52. The molecule has 3 saturated heterocycles. The molecule has 4 fully saturated rings. The highest BCUT2D eigenvalue weighted by molar-refractivity contribution is 7.89. The van der Waals surface area contributed by atoms with E-state index < -0.39 is 14.9 Å². The zero-order chi connectivity index (χ0) is 16.2. The first kappa shape index (κ1) is 15.0. The van der Waals surface area contributed by atoms with Crippen molar-refractivity contribution in [1.82, 2.24) is 9.62 Å². The van der Waals surface area contributed by atoms with Gasteiger partial charge in [0, 0.05) is 24.7 Å². The molecule has 3 heterocycles. The number of piperidine rings is 2. The summed E-state index contributed by atoms with van der Waals surface area (Å²) in [5.41, 5.74) is -0.0934. The molecule has 0 spiro atoms. The van der Waals surface area contributed by atoms with Crippen molar-refractivity contribution in [2.75, 3.05) is 19.6 Å². The molecule has 7 nitrogen and oxygen atoms in total. The fourth-order valence-corrected chi connectivity index (χ4v) is 6.33. The molecule has 124 valence electrons. The third-order valence-corrected chi connectivity index (χ3v) is 7.59. The van der Waals surface area contributed by atoms with Crippen LogP contribution >= 0.6 is 0 Å². The maximum absolute atomic E-state index is 13.0. The molecule has 1 N–H and O–H groups in total. The van der Waals surface area contributed by atoms with Gasteiger partial charge in [-0.25, -0.2) is 8.42 Å². The van der Waals surface area contributed by atoms with Crippen LogP contribution in [0, 0.1) is 27.9 Å². The van der Waals surface area contributed by atoms with Crippen molar-refractivity contribution < 1.29 is 13.3 Å². The van der Waals surface area contributed by atoms with Gasteiger partial charge in [-0.3, -0.25) is 10.1 Å². The van der Waals surface area contributed by atoms with Crippen LogP contribution in [-0.2, 0) is 10.0 Å². The van der Waals surface area contributed by atoms with Gasteiger partial charge in [0.2, 0.25) is 10.0 Å². The van der Waals surface area contributed by atoms with Gasteiger partial charge in [0.05, 0.1) is 9.82 Å². The van der Waals surface area contributed by atoms with Crippen LogP contribution in [0.1, 0.15) is 12.8 Å². The van der Waals surface area contributed by atoms with Crippen molar-refractivity contribution in [2.24, 2.45) is 17.8 Å². The van der Waals surface area contributed by atoms with Crippen molar-refractivity contribution in [1.29, 1.82) is 0 Å². The molecule has 0 amide bonds. The van der Waals surface area contributed by atoms with Crippen LogP contribution in [0.5, 0.6) is 0 Å². The van der Waals surface area contributed by atoms with E-state index in [9.17, 15) is 18.5 Å². The van der Waals surface area contributed by atoms with E-state index in [1.807, 2.05) is 0 Å². The summed E-state index contributed by atoms with van der Waals surface area (Å²) in [5, 5.41) is 14.1. The second-order valence-corrected chi connectivity index (χ2v) is 8.61. The zero-order valence-electron chi connectivity index (χ0n) is 12.6. The van der Waals surface area contributed by atoms with Crippen molar-refractivity contribution in [3.05, 3.63) is 34.4 Å². The lowest BCUT2D eigenvalue weighted by atomic mass is 9.68. The topological polar surface area (TPSA) is 92.5 Å². The summed E-state index contributed by atoms with van der Waals surface area (Å²) in [6, 6.07) is 5.27. The molecular formula is C15H19N3O4S. The Balaban J connectivity index is 1.65. The van der Waals surface area contributed by atoms with Gasteiger partial charge in [-0.2, -0.15) is 4.31 Å². The van der Waals surface area contributed by atoms with Crippen molar-refractivity contribution in [3.63, 3.8) is 0 Å². The number of rotatable bonds is 3. The summed E-state index contributed by atoms with van der Waals surface area (Å²) in [6.45, 7) is 2.46. The lowest BCUT2D eigenvalue weighted by molar-refractivity contribution is -0.384. The minimum absolute atomic E-state index is 0.0557. The zero-order valence-corrected chi connectivity index (χ0v) is 13.4. The molecule has 0 aromatic heterocycles. The van der Waals surface area contributed by atoms with Crippen molar-refractivity contribution >= 4 is 15.7 Å². The predicted octanol–water partition coefficient (Wildman–Crippen LogP) is 1.21. The lowest BCUT2D eigenvalue weighted by Crippen LogP contribution is -2.58. The van der Waals surface area contributed by atoms with Gasteiger partial charge in [0.1, 0.15) is 0 Å². The van der Waals surface area contributed by atoms with E-state index in [4.69, 9.17) is 0 Å². The number of non-ortho nitro benzene ring substituents is 1. The molecule has 1 aliphatic carbocycles. The highest BCUT2D eigenvalue weighted by atomic mass is 32.2. The van der Waals surface area contributed by atoms with Gasteiger partial charge in [-0.05, 0) is 55.8 Å². The number of hydrogen-bond donors (Lipinski definition) is 1. The number of hydrogen-bond acceptors (Lipinski definition) is 5. The van der Waals surface area contributed by atoms with Crippen LogP contribution in [0.2, 0.25) is 0 Å². The Hall–Kier alpha value is -1.51. The fraction of sp³-hybridized carbons (Fsp3) is 0.600. The summed E-state index contributed by atoms with van der Waals surface area (Å²) in [6.07, 6.45) is 2.01. The largest absolute Gasteiger partial charge is 0.316 e. The van der Waals surface area contributed by atoms with E-state index in [-0.39, 0.29) is 16.6 Å². The molecule has 3 aliphatic heterocycles. The van der Waals surface area contributed by atoms with Crippen molar-refractivity contribution in [3.8, 4) is 0 Å². The summed E-state index contributed by atoms with van der Waals surface area (Å²) in [5.74, 6) is 1.42. The van der Waals surface area contributed by atoms with Gasteiger partial charge in [0.25, 0.3) is 5.69 Å². The molecule has 1 aromatic carbocycles. The SMILES string of the molecule is O=[N+]([O-])c1ccc(S(=O)(=O)N2CC3CCC2C2CNCC32)cc1. The molecule has 5 rings (SSSR count). The summed E-state index contributed by atoms with van der Waals surface area (Å²) in [4.78, 5) is 10.4. The molecule has 1 aromatic rings.